The molecule has 0 aliphatic heterocycles. The number of benzene rings is 2. The van der Waals surface area contributed by atoms with Crippen LogP contribution in [-0.2, 0) is 5.41 Å². The molecule has 2 unspecified atom stereocenters. The van der Waals surface area contributed by atoms with Gasteiger partial charge in [0.2, 0.25) is 0 Å². The molecule has 32 heavy (non-hydrogen) atoms. The predicted molar refractivity (Wildman–Crippen MR) is 119 cm³/mol. The molecule has 3 aromatic rings. The molecule has 2 aromatic carbocycles. The number of hydrogen-bond donors (Lipinski definition) is 2. The molecule has 0 saturated carbocycles. The number of aromatic nitrogens is 1. The summed E-state index contributed by atoms with van der Waals surface area (Å²) in [6.07, 6.45) is -5.23. The number of alkyl halides is 3. The molecule has 0 saturated heterocycles. The topological polar surface area (TPSA) is 54.4 Å². The van der Waals surface area contributed by atoms with Crippen LogP contribution in [0.5, 0.6) is 5.75 Å². The van der Waals surface area contributed by atoms with Crippen LogP contribution in [0.4, 0.5) is 18.9 Å². The Labute approximate surface area is 185 Å². The highest BCUT2D eigenvalue weighted by Crippen LogP contribution is 2.54. The molecule has 1 aliphatic carbocycles. The van der Waals surface area contributed by atoms with Gasteiger partial charge in [-0.05, 0) is 54.2 Å². The highest BCUT2D eigenvalue weighted by atomic mass is 19.4. The van der Waals surface area contributed by atoms with Crippen molar-refractivity contribution in [2.24, 2.45) is 0 Å². The van der Waals surface area contributed by atoms with Crippen LogP contribution in [0.3, 0.4) is 0 Å². The second-order valence-corrected chi connectivity index (χ2v) is 9.20. The number of nitrogens with zero attached hydrogens (tertiary/aromatic N) is 1. The molecule has 1 heterocycles. The number of para-hydroxylation sites is 1. The van der Waals surface area contributed by atoms with Crippen LogP contribution in [0.2, 0.25) is 0 Å². The third kappa shape index (κ3) is 3.68. The van der Waals surface area contributed by atoms with Crippen LogP contribution >= 0.6 is 0 Å². The number of aliphatic hydroxyl groups is 1. The number of halogens is 3. The van der Waals surface area contributed by atoms with Gasteiger partial charge in [-0.15, -0.1) is 0 Å². The molecule has 2 N–H and O–H groups in total. The quantitative estimate of drug-likeness (QED) is 0.540. The second kappa shape index (κ2) is 7.66. The first-order chi connectivity index (χ1) is 15.0. The van der Waals surface area contributed by atoms with E-state index < -0.39 is 29.5 Å². The molecule has 0 amide bonds. The Morgan fingerprint density at radius 2 is 1.91 bits per heavy atom. The summed E-state index contributed by atoms with van der Waals surface area (Å²) in [5, 5.41) is 15.2. The number of hydrogen-bond acceptors (Lipinski definition) is 4. The number of anilines is 1. The van der Waals surface area contributed by atoms with E-state index in [1.165, 1.54) is 7.11 Å². The van der Waals surface area contributed by atoms with E-state index >= 15 is 0 Å². The van der Waals surface area contributed by atoms with Gasteiger partial charge in [-0.2, -0.15) is 13.2 Å². The zero-order chi connectivity index (χ0) is 23.3. The first kappa shape index (κ1) is 22.4. The minimum atomic E-state index is -4.80. The Kier molecular flexibility index (Phi) is 5.36. The molecule has 170 valence electrons. The Morgan fingerprint density at radius 3 is 2.59 bits per heavy atom. The summed E-state index contributed by atoms with van der Waals surface area (Å²) < 4.78 is 48.2. The van der Waals surface area contributed by atoms with Gasteiger partial charge in [0, 0.05) is 23.5 Å². The van der Waals surface area contributed by atoms with Crippen LogP contribution < -0.4 is 10.1 Å². The molecule has 0 bridgehead atoms. The average molecular weight is 444 g/mol. The van der Waals surface area contributed by atoms with Crippen molar-refractivity contribution in [3.63, 3.8) is 0 Å². The molecule has 4 nitrogen and oxygen atoms in total. The summed E-state index contributed by atoms with van der Waals surface area (Å²) in [5.41, 5.74) is -0.400. The smallest absolute Gasteiger partial charge is 0.417 e. The van der Waals surface area contributed by atoms with E-state index in [1.54, 1.807) is 38.1 Å². The van der Waals surface area contributed by atoms with Gasteiger partial charge in [0.25, 0.3) is 0 Å². The van der Waals surface area contributed by atoms with E-state index in [4.69, 9.17) is 4.74 Å². The fraction of sp³-hybridized carbons (Fsp3) is 0.400. The number of ether oxygens (including phenoxy) is 1. The van der Waals surface area contributed by atoms with Crippen LogP contribution in [0.15, 0.2) is 48.5 Å². The zero-order valence-electron chi connectivity index (χ0n) is 18.5. The molecule has 7 heteroatoms. The lowest BCUT2D eigenvalue weighted by Gasteiger charge is -2.48. The lowest BCUT2D eigenvalue weighted by Crippen LogP contribution is -2.57. The maximum absolute atomic E-state index is 14.3. The Bertz CT molecular complexity index is 1160. The fourth-order valence-electron chi connectivity index (χ4n) is 4.90. The summed E-state index contributed by atoms with van der Waals surface area (Å²) in [4.78, 5) is 4.55. The summed E-state index contributed by atoms with van der Waals surface area (Å²) in [6.45, 7) is 5.22. The molecule has 1 aromatic heterocycles. The van der Waals surface area contributed by atoms with Crippen molar-refractivity contribution in [2.45, 2.75) is 50.3 Å². The lowest BCUT2D eigenvalue weighted by atomic mass is 9.61. The number of pyridine rings is 1. The van der Waals surface area contributed by atoms with Gasteiger partial charge in [0.15, 0.2) is 5.60 Å². The monoisotopic (exact) mass is 444 g/mol. The number of nitrogens with one attached hydrogen (secondary N) is 1. The van der Waals surface area contributed by atoms with E-state index in [1.807, 2.05) is 31.2 Å². The third-order valence-corrected chi connectivity index (χ3v) is 6.50. The van der Waals surface area contributed by atoms with Crippen molar-refractivity contribution in [1.82, 2.24) is 4.98 Å². The number of fused-ring (bicyclic) bond motifs is 2. The Morgan fingerprint density at radius 1 is 1.16 bits per heavy atom. The highest BCUT2D eigenvalue weighted by molar-refractivity contribution is 5.90. The number of rotatable bonds is 4. The largest absolute Gasteiger partial charge is 0.497 e. The fourth-order valence-corrected chi connectivity index (χ4v) is 4.90. The van der Waals surface area contributed by atoms with Crippen molar-refractivity contribution in [3.05, 3.63) is 65.4 Å². The molecule has 1 aliphatic rings. The molecule has 0 spiro atoms. The van der Waals surface area contributed by atoms with E-state index in [9.17, 15) is 18.3 Å². The Hall–Kier alpha value is -2.80. The van der Waals surface area contributed by atoms with Crippen LogP contribution in [0, 0.1) is 6.92 Å². The van der Waals surface area contributed by atoms with Crippen LogP contribution in [0.25, 0.3) is 10.9 Å². The van der Waals surface area contributed by atoms with Crippen molar-refractivity contribution in [3.8, 4) is 5.75 Å². The minimum Gasteiger partial charge on any atom is -0.497 e. The van der Waals surface area contributed by atoms with Crippen molar-refractivity contribution >= 4 is 16.6 Å². The third-order valence-electron chi connectivity index (χ3n) is 6.50. The van der Waals surface area contributed by atoms with E-state index in [0.29, 0.717) is 22.5 Å². The zero-order valence-corrected chi connectivity index (χ0v) is 18.5. The second-order valence-electron chi connectivity index (χ2n) is 9.20. The van der Waals surface area contributed by atoms with Gasteiger partial charge in [-0.25, -0.2) is 0 Å². The highest BCUT2D eigenvalue weighted by Gasteiger charge is 2.63. The SMILES string of the molecule is COc1ccc2c(c1)C(CNc1cccc3ccc(C)nc13)C(O)(C(F)(F)F)CC2(C)C. The average Bonchev–Trinajstić information content (AvgIpc) is 2.72. The van der Waals surface area contributed by atoms with E-state index in [0.717, 1.165) is 16.6 Å². The van der Waals surface area contributed by atoms with Crippen LogP contribution in [-0.4, -0.2) is 35.5 Å². The van der Waals surface area contributed by atoms with Crippen molar-refractivity contribution in [1.29, 1.82) is 0 Å². The van der Waals surface area contributed by atoms with Gasteiger partial charge in [0.1, 0.15) is 5.75 Å². The van der Waals surface area contributed by atoms with Gasteiger partial charge in [-0.1, -0.05) is 38.1 Å². The number of methoxy groups -OCH3 is 1. The van der Waals surface area contributed by atoms with Crippen LogP contribution in [0.1, 0.15) is 43.0 Å². The standard InChI is InChI=1S/C25H27F3N2O2/c1-15-8-9-16-6-5-7-21(22(16)30-15)29-13-20-18-12-17(32-4)10-11-19(18)23(2,3)14-24(20,31)25(26,27)28/h5-12,20,29,31H,13-14H2,1-4H3. The van der Waals surface area contributed by atoms with E-state index in [-0.39, 0.29) is 6.54 Å². The summed E-state index contributed by atoms with van der Waals surface area (Å²) in [6, 6.07) is 14.5. The molecule has 0 fully saturated rings. The summed E-state index contributed by atoms with van der Waals surface area (Å²) in [7, 11) is 1.48. The van der Waals surface area contributed by atoms with Gasteiger partial charge in [0.05, 0.1) is 18.3 Å². The maximum atomic E-state index is 14.3. The summed E-state index contributed by atoms with van der Waals surface area (Å²) >= 11 is 0. The Balaban J connectivity index is 1.81. The first-order valence-corrected chi connectivity index (χ1v) is 10.5. The predicted octanol–water partition coefficient (Wildman–Crippen LogP) is 5.72. The molecule has 4 rings (SSSR count). The van der Waals surface area contributed by atoms with Gasteiger partial charge >= 0.3 is 6.18 Å². The normalized spacial score (nSPS) is 22.4. The van der Waals surface area contributed by atoms with Gasteiger partial charge < -0.3 is 15.2 Å². The number of aryl methyl sites for hydroxylation is 1. The maximum Gasteiger partial charge on any atom is 0.417 e. The molecular formula is C25H27F3N2O2. The molecule has 2 atom stereocenters. The molecule has 0 radical (unpaired) electrons. The first-order valence-electron chi connectivity index (χ1n) is 10.5. The molecular weight excluding hydrogens is 417 g/mol. The van der Waals surface area contributed by atoms with Gasteiger partial charge in [-0.3, -0.25) is 4.98 Å². The lowest BCUT2D eigenvalue weighted by molar-refractivity contribution is -0.277. The summed E-state index contributed by atoms with van der Waals surface area (Å²) in [5.74, 6) is -0.765. The van der Waals surface area contributed by atoms with Crippen molar-refractivity contribution < 1.29 is 23.0 Å². The van der Waals surface area contributed by atoms with E-state index in [2.05, 4.69) is 10.3 Å². The minimum absolute atomic E-state index is 0.110. The van der Waals surface area contributed by atoms with Crippen molar-refractivity contribution in [2.75, 3.05) is 19.0 Å².